The summed E-state index contributed by atoms with van der Waals surface area (Å²) in [4.78, 5) is 0. The highest BCUT2D eigenvalue weighted by molar-refractivity contribution is 8.01. The fourth-order valence-corrected chi connectivity index (χ4v) is 5.31. The van der Waals surface area contributed by atoms with Crippen LogP contribution in [0.3, 0.4) is 0 Å². The van der Waals surface area contributed by atoms with Gasteiger partial charge in [-0.3, -0.25) is 0 Å². The Morgan fingerprint density at radius 1 is 0.355 bits per heavy atom. The van der Waals surface area contributed by atoms with Crippen LogP contribution in [0.15, 0.2) is 0 Å². The second kappa shape index (κ2) is 30.4. The van der Waals surface area contributed by atoms with E-state index in [1.165, 1.54) is 173 Å². The summed E-state index contributed by atoms with van der Waals surface area (Å²) < 4.78 is 0. The fraction of sp³-hybridized carbons (Fsp3) is 0.967. The van der Waals surface area contributed by atoms with Crippen LogP contribution in [0, 0.1) is 5.75 Å². The average Bonchev–Trinajstić information content (AvgIpc) is 2.78. The van der Waals surface area contributed by atoms with Gasteiger partial charge in [0, 0.05) is 5.75 Å². The minimum Gasteiger partial charge on any atom is -0.157 e. The van der Waals surface area contributed by atoms with E-state index in [0.29, 0.717) is 0 Å². The summed E-state index contributed by atoms with van der Waals surface area (Å²) in [6, 6.07) is 0. The Kier molecular flexibility index (Phi) is 30.7. The summed E-state index contributed by atoms with van der Waals surface area (Å²) >= 11 is 2.09. The first kappa shape index (κ1) is 31.4. The van der Waals surface area contributed by atoms with E-state index in [-0.39, 0.29) is 0 Å². The van der Waals surface area contributed by atoms with Crippen molar-refractivity contribution in [3.8, 4) is 0 Å². The Morgan fingerprint density at radius 3 is 1.00 bits per heavy atom. The second-order valence-electron chi connectivity index (χ2n) is 9.96. The Labute approximate surface area is 203 Å². The van der Waals surface area contributed by atoms with E-state index in [9.17, 15) is 0 Å². The molecule has 0 heterocycles. The summed E-state index contributed by atoms with van der Waals surface area (Å²) in [5.41, 5.74) is 0. The molecule has 0 aromatic heterocycles. The number of rotatable bonds is 28. The molecule has 0 aliphatic carbocycles. The highest BCUT2D eigenvalue weighted by Crippen LogP contribution is 2.18. The maximum Gasteiger partial charge on any atom is 0.0166 e. The molecule has 31 heavy (non-hydrogen) atoms. The second-order valence-corrected chi connectivity index (χ2v) is 11.0. The third kappa shape index (κ3) is 30.4. The van der Waals surface area contributed by atoms with Gasteiger partial charge < -0.3 is 0 Å². The first-order valence-electron chi connectivity index (χ1n) is 14.8. The molecule has 0 spiro atoms. The largest absolute Gasteiger partial charge is 0.157 e. The van der Waals surface area contributed by atoms with E-state index in [1.54, 1.807) is 0 Å². The summed E-state index contributed by atoms with van der Waals surface area (Å²) in [6.45, 7) is 4.61. The van der Waals surface area contributed by atoms with E-state index >= 15 is 0 Å². The minimum atomic E-state index is 1.33. The van der Waals surface area contributed by atoms with Gasteiger partial charge in [-0.2, -0.15) is 11.8 Å². The van der Waals surface area contributed by atoms with E-state index < -0.39 is 0 Å². The zero-order chi connectivity index (χ0) is 22.5. The molecular weight excluding hydrogens is 392 g/mol. The smallest absolute Gasteiger partial charge is 0.0166 e. The molecular formula is C30H61S. The van der Waals surface area contributed by atoms with Crippen LogP contribution < -0.4 is 0 Å². The lowest BCUT2D eigenvalue weighted by Crippen LogP contribution is -1.85. The first-order valence-corrected chi connectivity index (χ1v) is 15.9. The number of unbranched alkanes of at least 4 members (excludes halogenated alkanes) is 24. The van der Waals surface area contributed by atoms with Crippen molar-refractivity contribution in [2.45, 2.75) is 181 Å². The molecule has 1 radical (unpaired) electrons. The summed E-state index contributed by atoms with van der Waals surface area (Å²) in [7, 11) is 0. The van der Waals surface area contributed by atoms with Gasteiger partial charge in [-0.1, -0.05) is 168 Å². The van der Waals surface area contributed by atoms with Crippen LogP contribution in [0.25, 0.3) is 0 Å². The van der Waals surface area contributed by atoms with Gasteiger partial charge >= 0.3 is 0 Å². The molecule has 187 valence electrons. The molecule has 0 amide bonds. The van der Waals surface area contributed by atoms with Crippen molar-refractivity contribution in [1.29, 1.82) is 0 Å². The van der Waals surface area contributed by atoms with E-state index in [0.717, 1.165) is 0 Å². The third-order valence-corrected chi connectivity index (χ3v) is 7.65. The van der Waals surface area contributed by atoms with Crippen molar-refractivity contribution in [3.63, 3.8) is 0 Å². The Bertz CT molecular complexity index is 260. The average molecular weight is 454 g/mol. The molecule has 0 aromatic carbocycles. The summed E-state index contributed by atoms with van der Waals surface area (Å²) in [5.74, 6) is 3.85. The van der Waals surface area contributed by atoms with Gasteiger partial charge in [0.15, 0.2) is 0 Å². The van der Waals surface area contributed by atoms with Crippen LogP contribution in [0.1, 0.15) is 181 Å². The van der Waals surface area contributed by atoms with Crippen LogP contribution in [0.5, 0.6) is 0 Å². The number of hydrogen-bond donors (Lipinski definition) is 0. The third-order valence-electron chi connectivity index (χ3n) is 6.66. The molecule has 0 aromatic rings. The molecule has 0 N–H and O–H groups in total. The standard InChI is InChI=1S/C30H61S/c1-3-5-7-9-11-13-15-17-18-20-22-24-26-28-30-31-29-27-25-23-21-19-16-14-12-10-8-6-4-2/h30H,3-29H2,1-2H3. The van der Waals surface area contributed by atoms with Crippen LogP contribution >= 0.6 is 11.8 Å². The summed E-state index contributed by atoms with van der Waals surface area (Å²) in [5, 5.41) is 0. The molecule has 0 aliphatic rings. The topological polar surface area (TPSA) is 0 Å². The van der Waals surface area contributed by atoms with Gasteiger partial charge in [0.25, 0.3) is 0 Å². The highest BCUT2D eigenvalue weighted by Gasteiger charge is 1.96. The summed E-state index contributed by atoms with van der Waals surface area (Å²) in [6.07, 6.45) is 37.8. The Hall–Kier alpha value is 0.350. The molecule has 0 atom stereocenters. The number of hydrogen-bond acceptors (Lipinski definition) is 1. The minimum absolute atomic E-state index is 1.33. The van der Waals surface area contributed by atoms with Crippen molar-refractivity contribution in [2.75, 3.05) is 5.75 Å². The van der Waals surface area contributed by atoms with Gasteiger partial charge in [0.1, 0.15) is 0 Å². The molecule has 1 heteroatoms. The molecule has 0 unspecified atom stereocenters. The zero-order valence-corrected chi connectivity index (χ0v) is 22.9. The number of thioether (sulfide) groups is 1. The molecule has 0 nitrogen and oxygen atoms in total. The van der Waals surface area contributed by atoms with Crippen LogP contribution in [0.2, 0.25) is 0 Å². The molecule has 0 aliphatic heterocycles. The normalized spacial score (nSPS) is 11.4. The lowest BCUT2D eigenvalue weighted by molar-refractivity contribution is 0.540. The quantitative estimate of drug-likeness (QED) is 0.106. The molecule has 0 saturated heterocycles. The predicted molar refractivity (Wildman–Crippen MR) is 148 cm³/mol. The molecule has 0 fully saturated rings. The molecule has 0 bridgehead atoms. The van der Waals surface area contributed by atoms with Crippen LogP contribution in [-0.4, -0.2) is 5.75 Å². The highest BCUT2D eigenvalue weighted by atomic mass is 32.2. The van der Waals surface area contributed by atoms with E-state index in [1.807, 2.05) is 0 Å². The van der Waals surface area contributed by atoms with Gasteiger partial charge in [0.2, 0.25) is 0 Å². The van der Waals surface area contributed by atoms with Crippen LogP contribution in [-0.2, 0) is 0 Å². The van der Waals surface area contributed by atoms with Crippen molar-refractivity contribution >= 4 is 11.8 Å². The van der Waals surface area contributed by atoms with Crippen molar-refractivity contribution in [1.82, 2.24) is 0 Å². The lowest BCUT2D eigenvalue weighted by atomic mass is 10.0. The molecule has 0 rings (SSSR count). The van der Waals surface area contributed by atoms with Gasteiger partial charge in [0.05, 0.1) is 0 Å². The SMILES string of the molecule is CCCCCCCCCCCCCCC[CH]SCCCCCCCCCCCCCC. The lowest BCUT2D eigenvalue weighted by Gasteiger charge is -2.04. The van der Waals surface area contributed by atoms with Gasteiger partial charge in [-0.05, 0) is 18.6 Å². The Balaban J connectivity index is 2.98. The van der Waals surface area contributed by atoms with Crippen LogP contribution in [0.4, 0.5) is 0 Å². The Morgan fingerprint density at radius 2 is 0.645 bits per heavy atom. The van der Waals surface area contributed by atoms with Gasteiger partial charge in [-0.25, -0.2) is 0 Å². The monoisotopic (exact) mass is 453 g/mol. The first-order chi connectivity index (χ1) is 15.4. The van der Waals surface area contributed by atoms with E-state index in [2.05, 4.69) is 31.4 Å². The van der Waals surface area contributed by atoms with Crippen molar-refractivity contribution in [2.24, 2.45) is 0 Å². The van der Waals surface area contributed by atoms with Crippen molar-refractivity contribution in [3.05, 3.63) is 5.75 Å². The fourth-order valence-electron chi connectivity index (χ4n) is 4.44. The van der Waals surface area contributed by atoms with Crippen molar-refractivity contribution < 1.29 is 0 Å². The predicted octanol–water partition coefficient (Wildman–Crippen LogP) is 12.1. The zero-order valence-electron chi connectivity index (χ0n) is 22.1. The maximum atomic E-state index is 2.50. The maximum absolute atomic E-state index is 2.50. The van der Waals surface area contributed by atoms with E-state index in [4.69, 9.17) is 0 Å². The van der Waals surface area contributed by atoms with Gasteiger partial charge in [-0.15, -0.1) is 0 Å². The molecule has 0 saturated carbocycles.